The largest absolute Gasteiger partial charge is 0.493 e. The van der Waals surface area contributed by atoms with Gasteiger partial charge in [-0.05, 0) is 41.3 Å². The molecule has 194 valence electrons. The number of aromatic nitrogens is 2. The van der Waals surface area contributed by atoms with E-state index in [1.165, 1.54) is 5.56 Å². The highest BCUT2D eigenvalue weighted by molar-refractivity contribution is 6.10. The van der Waals surface area contributed by atoms with Gasteiger partial charge in [0.05, 0.1) is 44.1 Å². The van der Waals surface area contributed by atoms with Crippen LogP contribution < -0.4 is 14.8 Å². The van der Waals surface area contributed by atoms with Crippen LogP contribution in [0.3, 0.4) is 0 Å². The fraction of sp³-hybridized carbons (Fsp3) is 0.333. The van der Waals surface area contributed by atoms with Crippen molar-refractivity contribution in [2.45, 2.75) is 24.3 Å². The number of fused-ring (bicyclic) bond motifs is 3. The van der Waals surface area contributed by atoms with Crippen LogP contribution in [-0.2, 0) is 21.5 Å². The molecule has 7 rings (SSSR count). The minimum Gasteiger partial charge on any atom is -0.493 e. The minimum absolute atomic E-state index is 0.0373. The smallest absolute Gasteiger partial charge is 0.235 e. The van der Waals surface area contributed by atoms with Crippen LogP contribution in [0.1, 0.15) is 29.0 Å². The Morgan fingerprint density at radius 2 is 1.87 bits per heavy atom. The number of methoxy groups -OCH3 is 2. The van der Waals surface area contributed by atoms with Gasteiger partial charge in [-0.25, -0.2) is 0 Å². The molecule has 1 saturated heterocycles. The molecule has 38 heavy (non-hydrogen) atoms. The van der Waals surface area contributed by atoms with Crippen molar-refractivity contribution in [3.05, 3.63) is 71.3 Å². The number of H-pyrrole nitrogens is 1. The Labute approximate surface area is 220 Å². The first-order valence-electron chi connectivity index (χ1n) is 13.1. The topological polar surface area (TPSA) is 88.7 Å². The van der Waals surface area contributed by atoms with Crippen LogP contribution in [0, 0.1) is 0 Å². The van der Waals surface area contributed by atoms with Crippen LogP contribution >= 0.6 is 0 Å². The SMILES string of the molecule is COc1cc2c(cc1OC)C1(C[C@H]1c1ccc3c(-c4cccc(CN5CCOCC5)c4)n[nH]c3c1)C(=O)N2. The predicted molar refractivity (Wildman–Crippen MR) is 145 cm³/mol. The molecular weight excluding hydrogens is 480 g/mol. The van der Waals surface area contributed by atoms with E-state index in [-0.39, 0.29) is 11.8 Å². The predicted octanol–water partition coefficient (Wildman–Crippen LogP) is 4.46. The number of amides is 1. The van der Waals surface area contributed by atoms with Gasteiger partial charge < -0.3 is 19.5 Å². The maximum Gasteiger partial charge on any atom is 0.235 e. The average Bonchev–Trinajstić information content (AvgIpc) is 3.47. The van der Waals surface area contributed by atoms with Crippen molar-refractivity contribution in [1.82, 2.24) is 15.1 Å². The number of benzene rings is 3. The minimum atomic E-state index is -0.570. The summed E-state index contributed by atoms with van der Waals surface area (Å²) in [5.41, 5.74) is 6.64. The molecular formula is C30H30N4O4. The van der Waals surface area contributed by atoms with Gasteiger partial charge in [0.2, 0.25) is 5.91 Å². The molecule has 1 aromatic heterocycles. The van der Waals surface area contributed by atoms with E-state index in [9.17, 15) is 4.79 Å². The summed E-state index contributed by atoms with van der Waals surface area (Å²) in [6.07, 6.45) is 0.761. The number of carbonyl (C=O) groups excluding carboxylic acids is 1. The molecule has 8 heteroatoms. The number of carbonyl (C=O) groups is 1. The highest BCUT2D eigenvalue weighted by Crippen LogP contribution is 2.66. The van der Waals surface area contributed by atoms with Gasteiger partial charge in [-0.3, -0.25) is 14.8 Å². The van der Waals surface area contributed by atoms with E-state index in [2.05, 4.69) is 62.9 Å². The molecule has 1 aliphatic carbocycles. The Morgan fingerprint density at radius 1 is 1.05 bits per heavy atom. The second-order valence-electron chi connectivity index (χ2n) is 10.4. The average molecular weight is 511 g/mol. The Bertz CT molecular complexity index is 1560. The zero-order chi connectivity index (χ0) is 25.9. The van der Waals surface area contributed by atoms with Crippen molar-refractivity contribution in [2.75, 3.05) is 45.8 Å². The lowest BCUT2D eigenvalue weighted by atomic mass is 9.91. The molecule has 2 N–H and O–H groups in total. The molecule has 0 radical (unpaired) electrons. The van der Waals surface area contributed by atoms with Crippen molar-refractivity contribution < 1.29 is 19.0 Å². The van der Waals surface area contributed by atoms with Gasteiger partial charge in [-0.15, -0.1) is 0 Å². The second-order valence-corrected chi connectivity index (χ2v) is 10.4. The third kappa shape index (κ3) is 3.59. The summed E-state index contributed by atoms with van der Waals surface area (Å²) in [6, 6.07) is 18.9. The number of hydrogen-bond acceptors (Lipinski definition) is 6. The Morgan fingerprint density at radius 3 is 2.68 bits per heavy atom. The fourth-order valence-corrected chi connectivity index (χ4v) is 6.23. The first kappa shape index (κ1) is 23.3. The van der Waals surface area contributed by atoms with Crippen molar-refractivity contribution in [3.8, 4) is 22.8 Å². The quantitative estimate of drug-likeness (QED) is 0.398. The van der Waals surface area contributed by atoms with Gasteiger partial charge in [0.15, 0.2) is 11.5 Å². The van der Waals surface area contributed by atoms with Gasteiger partial charge in [0, 0.05) is 48.3 Å². The molecule has 1 spiro atoms. The Hall–Kier alpha value is -3.88. The van der Waals surface area contributed by atoms with E-state index in [0.717, 1.165) is 78.2 Å². The molecule has 2 atom stereocenters. The monoisotopic (exact) mass is 510 g/mol. The molecule has 2 aliphatic heterocycles. The lowest BCUT2D eigenvalue weighted by Crippen LogP contribution is -2.35. The van der Waals surface area contributed by atoms with E-state index in [0.29, 0.717) is 11.5 Å². The van der Waals surface area contributed by atoms with Crippen LogP contribution in [-0.4, -0.2) is 61.5 Å². The number of nitrogens with zero attached hydrogens (tertiary/aromatic N) is 2. The molecule has 3 heterocycles. The molecule has 1 saturated carbocycles. The number of hydrogen-bond donors (Lipinski definition) is 2. The molecule has 1 unspecified atom stereocenters. The number of aromatic amines is 1. The third-order valence-corrected chi connectivity index (χ3v) is 8.32. The molecule has 2 fully saturated rings. The second kappa shape index (κ2) is 8.85. The maximum atomic E-state index is 13.2. The van der Waals surface area contributed by atoms with E-state index < -0.39 is 5.41 Å². The molecule has 0 bridgehead atoms. The van der Waals surface area contributed by atoms with Gasteiger partial charge in [0.1, 0.15) is 0 Å². The number of anilines is 1. The normalized spacial score (nSPS) is 22.5. The maximum absolute atomic E-state index is 13.2. The fourth-order valence-electron chi connectivity index (χ4n) is 6.23. The summed E-state index contributed by atoms with van der Waals surface area (Å²) in [5, 5.41) is 12.1. The third-order valence-electron chi connectivity index (χ3n) is 8.32. The van der Waals surface area contributed by atoms with E-state index in [4.69, 9.17) is 14.2 Å². The van der Waals surface area contributed by atoms with Gasteiger partial charge in [-0.2, -0.15) is 5.10 Å². The van der Waals surface area contributed by atoms with Gasteiger partial charge >= 0.3 is 0 Å². The standard InChI is InChI=1S/C30H30N4O4/c1-36-26-14-22-25(15-27(26)37-2)31-29(35)30(22)16-23(30)19-6-7-21-24(13-19)32-33-28(21)20-5-3-4-18(12-20)17-34-8-10-38-11-9-34/h3-7,12-15,23H,8-11,16-17H2,1-2H3,(H,31,35)(H,32,33)/t23-,30?/m0/s1. The molecule has 3 aromatic carbocycles. The zero-order valence-electron chi connectivity index (χ0n) is 21.5. The zero-order valence-corrected chi connectivity index (χ0v) is 21.5. The van der Waals surface area contributed by atoms with Crippen LogP contribution in [0.25, 0.3) is 22.2 Å². The molecule has 3 aliphatic rings. The van der Waals surface area contributed by atoms with E-state index >= 15 is 0 Å². The lowest BCUT2D eigenvalue weighted by molar-refractivity contribution is -0.118. The summed E-state index contributed by atoms with van der Waals surface area (Å²) >= 11 is 0. The van der Waals surface area contributed by atoms with Crippen LogP contribution in [0.2, 0.25) is 0 Å². The number of ether oxygens (including phenoxy) is 3. The van der Waals surface area contributed by atoms with Gasteiger partial charge in [0.25, 0.3) is 0 Å². The number of nitrogens with one attached hydrogen (secondary N) is 2. The van der Waals surface area contributed by atoms with Crippen molar-refractivity contribution in [1.29, 1.82) is 0 Å². The first-order valence-corrected chi connectivity index (χ1v) is 13.1. The van der Waals surface area contributed by atoms with E-state index in [1.54, 1.807) is 14.2 Å². The van der Waals surface area contributed by atoms with E-state index in [1.807, 2.05) is 12.1 Å². The van der Waals surface area contributed by atoms with Crippen molar-refractivity contribution in [3.63, 3.8) is 0 Å². The summed E-state index contributed by atoms with van der Waals surface area (Å²) in [6.45, 7) is 4.42. The molecule has 4 aromatic rings. The highest BCUT2D eigenvalue weighted by Gasteiger charge is 2.65. The molecule has 8 nitrogen and oxygen atoms in total. The van der Waals surface area contributed by atoms with Crippen LogP contribution in [0.5, 0.6) is 11.5 Å². The van der Waals surface area contributed by atoms with Crippen molar-refractivity contribution in [2.24, 2.45) is 0 Å². The summed E-state index contributed by atoms with van der Waals surface area (Å²) in [4.78, 5) is 15.6. The summed E-state index contributed by atoms with van der Waals surface area (Å²) < 4.78 is 16.4. The Kier molecular flexibility index (Phi) is 5.42. The van der Waals surface area contributed by atoms with Crippen LogP contribution in [0.4, 0.5) is 5.69 Å². The lowest BCUT2D eigenvalue weighted by Gasteiger charge is -2.26. The Balaban J connectivity index is 1.18. The number of morpholine rings is 1. The highest BCUT2D eigenvalue weighted by atomic mass is 16.5. The van der Waals surface area contributed by atoms with Crippen molar-refractivity contribution >= 4 is 22.5 Å². The molecule has 1 amide bonds. The summed E-state index contributed by atoms with van der Waals surface area (Å²) in [7, 11) is 3.22. The van der Waals surface area contributed by atoms with Crippen LogP contribution in [0.15, 0.2) is 54.6 Å². The number of rotatable bonds is 6. The summed E-state index contributed by atoms with van der Waals surface area (Å²) in [5.74, 6) is 1.38. The first-order chi connectivity index (χ1) is 18.6. The van der Waals surface area contributed by atoms with Gasteiger partial charge in [-0.1, -0.05) is 30.3 Å².